The maximum atomic E-state index is 12.4. The predicted molar refractivity (Wildman–Crippen MR) is 48.5 cm³/mol. The number of nitrogens with one attached hydrogen (secondary N) is 1. The van der Waals surface area contributed by atoms with Gasteiger partial charge in [-0.1, -0.05) is 0 Å². The van der Waals surface area contributed by atoms with Crippen LogP contribution in [-0.4, -0.2) is 16.1 Å². The molecule has 7 heteroatoms. The van der Waals surface area contributed by atoms with E-state index in [1.54, 1.807) is 0 Å². The highest BCUT2D eigenvalue weighted by atomic mass is 35.5. The second-order valence-electron chi connectivity index (χ2n) is 2.69. The fraction of sp³-hybridized carbons (Fsp3) is 0.250. The molecule has 0 aliphatic carbocycles. The number of aromatic carboxylic acids is 1. The van der Waals surface area contributed by atoms with Crippen molar-refractivity contribution in [3.63, 3.8) is 0 Å². The maximum absolute atomic E-state index is 12.4. The molecule has 0 atom stereocenters. The molecule has 0 spiro atoms. The molecule has 0 unspecified atom stereocenters. The van der Waals surface area contributed by atoms with Gasteiger partial charge in [-0.2, -0.15) is 0 Å². The van der Waals surface area contributed by atoms with Crippen molar-refractivity contribution in [2.24, 2.45) is 0 Å². The van der Waals surface area contributed by atoms with Gasteiger partial charge in [0.25, 0.3) is 12.0 Å². The number of rotatable bonds is 3. The van der Waals surface area contributed by atoms with Crippen LogP contribution in [0.1, 0.15) is 28.0 Å². The normalized spacial score (nSPS) is 10.7. The van der Waals surface area contributed by atoms with Crippen LogP contribution in [0.4, 0.5) is 8.78 Å². The van der Waals surface area contributed by atoms with Crippen molar-refractivity contribution >= 4 is 17.6 Å². The lowest BCUT2D eigenvalue weighted by atomic mass is 10.1. The lowest BCUT2D eigenvalue weighted by Gasteiger charge is -2.05. The molecule has 1 aromatic rings. The summed E-state index contributed by atoms with van der Waals surface area (Å²) in [6.45, 7) is 0. The first-order valence-corrected chi connectivity index (χ1v) is 4.34. The van der Waals surface area contributed by atoms with Gasteiger partial charge in [0, 0.05) is 5.69 Å². The molecule has 0 saturated carbocycles. The number of aromatic amines is 1. The Hall–Kier alpha value is -1.43. The SMILES string of the molecule is O=C(O)c1cc(CCl)[nH]c(=O)c1C(F)F. The monoisotopic (exact) mass is 237 g/mol. The first kappa shape index (κ1) is 11.6. The van der Waals surface area contributed by atoms with E-state index < -0.39 is 29.1 Å². The lowest BCUT2D eigenvalue weighted by molar-refractivity contribution is 0.0683. The van der Waals surface area contributed by atoms with Crippen molar-refractivity contribution in [2.45, 2.75) is 12.3 Å². The predicted octanol–water partition coefficient (Wildman–Crippen LogP) is 1.75. The van der Waals surface area contributed by atoms with Gasteiger partial charge in [-0.05, 0) is 6.07 Å². The Morgan fingerprint density at radius 2 is 2.20 bits per heavy atom. The van der Waals surface area contributed by atoms with E-state index in [1.807, 2.05) is 0 Å². The summed E-state index contributed by atoms with van der Waals surface area (Å²) in [4.78, 5) is 23.8. The van der Waals surface area contributed by atoms with Gasteiger partial charge in [0.2, 0.25) is 0 Å². The molecule has 15 heavy (non-hydrogen) atoms. The lowest BCUT2D eigenvalue weighted by Crippen LogP contribution is -2.20. The molecule has 0 aromatic carbocycles. The highest BCUT2D eigenvalue weighted by Gasteiger charge is 2.22. The summed E-state index contributed by atoms with van der Waals surface area (Å²) in [6.07, 6.45) is -3.13. The van der Waals surface area contributed by atoms with Crippen LogP contribution < -0.4 is 5.56 Å². The Bertz CT molecular complexity index is 444. The summed E-state index contributed by atoms with van der Waals surface area (Å²) < 4.78 is 24.7. The number of aromatic nitrogens is 1. The second kappa shape index (κ2) is 4.39. The summed E-state index contributed by atoms with van der Waals surface area (Å²) >= 11 is 5.36. The number of alkyl halides is 3. The quantitative estimate of drug-likeness (QED) is 0.787. The standard InChI is InChI=1S/C8H6ClF2NO3/c9-2-3-1-4(8(14)15)5(6(10)11)7(13)12-3/h1,6H,2H2,(H,12,13)(H,14,15). The molecule has 82 valence electrons. The van der Waals surface area contributed by atoms with E-state index >= 15 is 0 Å². The number of pyridine rings is 1. The van der Waals surface area contributed by atoms with Crippen LogP contribution in [0, 0.1) is 0 Å². The van der Waals surface area contributed by atoms with Gasteiger partial charge in [0.15, 0.2) is 0 Å². The fourth-order valence-corrected chi connectivity index (χ4v) is 1.23. The number of hydrogen-bond donors (Lipinski definition) is 2. The van der Waals surface area contributed by atoms with Crippen LogP contribution in [0.25, 0.3) is 0 Å². The van der Waals surface area contributed by atoms with Gasteiger partial charge in [-0.25, -0.2) is 13.6 Å². The largest absolute Gasteiger partial charge is 0.478 e. The van der Waals surface area contributed by atoms with Crippen molar-refractivity contribution in [1.82, 2.24) is 4.98 Å². The van der Waals surface area contributed by atoms with E-state index in [0.717, 1.165) is 6.07 Å². The summed E-state index contributed by atoms with van der Waals surface area (Å²) in [5.74, 6) is -1.73. The molecular weight excluding hydrogens is 232 g/mol. The average Bonchev–Trinajstić information content (AvgIpc) is 2.15. The van der Waals surface area contributed by atoms with Crippen molar-refractivity contribution in [1.29, 1.82) is 0 Å². The van der Waals surface area contributed by atoms with Crippen LogP contribution in [0.3, 0.4) is 0 Å². The Labute approximate surface area is 87.5 Å². The Kier molecular flexibility index (Phi) is 3.41. The zero-order valence-electron chi connectivity index (χ0n) is 7.26. The molecule has 0 bridgehead atoms. The van der Waals surface area contributed by atoms with Gasteiger partial charge in [-0.15, -0.1) is 11.6 Å². The van der Waals surface area contributed by atoms with Gasteiger partial charge in [0.1, 0.15) is 0 Å². The summed E-state index contributed by atoms with van der Waals surface area (Å²) in [5.41, 5.74) is -2.80. The molecule has 0 aliphatic heterocycles. The number of halogens is 3. The molecule has 1 aromatic heterocycles. The first-order valence-electron chi connectivity index (χ1n) is 3.81. The highest BCUT2D eigenvalue weighted by Crippen LogP contribution is 2.19. The summed E-state index contributed by atoms with van der Waals surface area (Å²) in [5, 5.41) is 8.63. The third-order valence-corrected chi connectivity index (χ3v) is 2.01. The molecule has 1 heterocycles. The summed E-state index contributed by atoms with van der Waals surface area (Å²) in [6, 6.07) is 0.929. The summed E-state index contributed by atoms with van der Waals surface area (Å²) in [7, 11) is 0. The minimum Gasteiger partial charge on any atom is -0.478 e. The van der Waals surface area contributed by atoms with Crippen LogP contribution in [0.15, 0.2) is 10.9 Å². The zero-order valence-corrected chi connectivity index (χ0v) is 8.02. The van der Waals surface area contributed by atoms with E-state index in [2.05, 4.69) is 4.98 Å². The average molecular weight is 238 g/mol. The molecule has 4 nitrogen and oxygen atoms in total. The molecule has 0 fully saturated rings. The van der Waals surface area contributed by atoms with Crippen LogP contribution in [0.5, 0.6) is 0 Å². The van der Waals surface area contributed by atoms with Gasteiger partial charge in [0.05, 0.1) is 17.0 Å². The van der Waals surface area contributed by atoms with Crippen molar-refractivity contribution in [3.05, 3.63) is 33.2 Å². The Balaban J connectivity index is 3.50. The van der Waals surface area contributed by atoms with E-state index in [9.17, 15) is 18.4 Å². The van der Waals surface area contributed by atoms with Crippen LogP contribution in [-0.2, 0) is 5.88 Å². The first-order chi connectivity index (χ1) is 6.97. The van der Waals surface area contributed by atoms with Crippen LogP contribution >= 0.6 is 11.6 Å². The van der Waals surface area contributed by atoms with E-state index in [-0.39, 0.29) is 11.6 Å². The van der Waals surface area contributed by atoms with Crippen molar-refractivity contribution < 1.29 is 18.7 Å². The number of carboxylic acids is 1. The molecule has 0 amide bonds. The van der Waals surface area contributed by atoms with Gasteiger partial charge < -0.3 is 10.1 Å². The minimum absolute atomic E-state index is 0.0865. The van der Waals surface area contributed by atoms with E-state index in [1.165, 1.54) is 0 Å². The van der Waals surface area contributed by atoms with Gasteiger partial charge >= 0.3 is 5.97 Å². The number of carboxylic acid groups (broad SMARTS) is 1. The number of hydrogen-bond acceptors (Lipinski definition) is 2. The molecular formula is C8H6ClF2NO3. The van der Waals surface area contributed by atoms with Crippen LogP contribution in [0.2, 0.25) is 0 Å². The van der Waals surface area contributed by atoms with Gasteiger partial charge in [-0.3, -0.25) is 4.79 Å². The highest BCUT2D eigenvalue weighted by molar-refractivity contribution is 6.16. The van der Waals surface area contributed by atoms with Crippen molar-refractivity contribution in [2.75, 3.05) is 0 Å². The smallest absolute Gasteiger partial charge is 0.336 e. The second-order valence-corrected chi connectivity index (χ2v) is 2.96. The number of carbonyl (C=O) groups is 1. The molecule has 1 rings (SSSR count). The van der Waals surface area contributed by atoms with E-state index in [0.29, 0.717) is 0 Å². The molecule has 0 aliphatic rings. The molecule has 0 radical (unpaired) electrons. The van der Waals surface area contributed by atoms with E-state index in [4.69, 9.17) is 16.7 Å². The maximum Gasteiger partial charge on any atom is 0.336 e. The Morgan fingerprint density at radius 3 is 2.60 bits per heavy atom. The topological polar surface area (TPSA) is 70.2 Å². The third-order valence-electron chi connectivity index (χ3n) is 1.72. The Morgan fingerprint density at radius 1 is 1.60 bits per heavy atom. The fourth-order valence-electron chi connectivity index (χ4n) is 1.09. The minimum atomic E-state index is -3.13. The third kappa shape index (κ3) is 2.33. The van der Waals surface area contributed by atoms with Crippen molar-refractivity contribution in [3.8, 4) is 0 Å². The molecule has 2 N–H and O–H groups in total. The number of H-pyrrole nitrogens is 1. The molecule has 0 saturated heterocycles. The zero-order chi connectivity index (χ0) is 11.6.